The molecule has 0 saturated heterocycles. The summed E-state index contributed by atoms with van der Waals surface area (Å²) in [5.74, 6) is -0.237. The van der Waals surface area contributed by atoms with Gasteiger partial charge in [-0.3, -0.25) is 9.78 Å². The second-order valence-corrected chi connectivity index (χ2v) is 5.15. The van der Waals surface area contributed by atoms with E-state index in [4.69, 9.17) is 0 Å². The third kappa shape index (κ3) is 3.54. The Morgan fingerprint density at radius 3 is 2.24 bits per heavy atom. The number of nitrogens with one attached hydrogen (secondary N) is 1. The molecule has 4 nitrogen and oxygen atoms in total. The van der Waals surface area contributed by atoms with Gasteiger partial charge in [0.15, 0.2) is 0 Å². The van der Waals surface area contributed by atoms with Gasteiger partial charge >= 0.3 is 0 Å². The van der Waals surface area contributed by atoms with Gasteiger partial charge in [-0.05, 0) is 51.0 Å². The molecule has 0 saturated carbocycles. The van der Waals surface area contributed by atoms with Crippen LogP contribution < -0.4 is 5.43 Å². The maximum atomic E-state index is 12.0. The fourth-order valence-corrected chi connectivity index (χ4v) is 2.51. The van der Waals surface area contributed by atoms with E-state index in [1.807, 2.05) is 6.92 Å². The van der Waals surface area contributed by atoms with Crippen molar-refractivity contribution in [2.45, 2.75) is 27.7 Å². The molecule has 0 fully saturated rings. The average Bonchev–Trinajstić information content (AvgIpc) is 2.44. The van der Waals surface area contributed by atoms with Crippen molar-refractivity contribution in [2.75, 3.05) is 0 Å². The van der Waals surface area contributed by atoms with E-state index in [1.165, 1.54) is 5.56 Å². The van der Waals surface area contributed by atoms with Gasteiger partial charge in [0.25, 0.3) is 5.91 Å². The molecule has 0 aliphatic heterocycles. The first kappa shape index (κ1) is 14.9. The van der Waals surface area contributed by atoms with E-state index in [0.29, 0.717) is 5.56 Å². The van der Waals surface area contributed by atoms with Crippen molar-refractivity contribution < 1.29 is 4.79 Å². The zero-order valence-electron chi connectivity index (χ0n) is 12.8. The molecule has 0 unspecified atom stereocenters. The predicted molar refractivity (Wildman–Crippen MR) is 84.6 cm³/mol. The number of carbonyl (C=O) groups is 1. The molecule has 1 heterocycles. The minimum Gasteiger partial charge on any atom is -0.267 e. The molecular formula is C17H19N3O. The Bertz CT molecular complexity index is 667. The van der Waals surface area contributed by atoms with E-state index >= 15 is 0 Å². The maximum Gasteiger partial charge on any atom is 0.271 e. The van der Waals surface area contributed by atoms with Crippen molar-refractivity contribution in [3.8, 4) is 0 Å². The van der Waals surface area contributed by atoms with Crippen molar-refractivity contribution >= 4 is 11.6 Å². The number of rotatable bonds is 3. The van der Waals surface area contributed by atoms with Crippen LogP contribution in [0.4, 0.5) is 0 Å². The summed E-state index contributed by atoms with van der Waals surface area (Å²) >= 11 is 0. The van der Waals surface area contributed by atoms with Crippen molar-refractivity contribution in [3.05, 3.63) is 64.5 Å². The smallest absolute Gasteiger partial charge is 0.267 e. The number of carbonyl (C=O) groups excluding carboxylic acids is 1. The summed E-state index contributed by atoms with van der Waals surface area (Å²) in [6.07, 6.45) is 3.17. The van der Waals surface area contributed by atoms with Gasteiger partial charge in [-0.25, -0.2) is 5.43 Å². The molecule has 0 bridgehead atoms. The molecule has 0 atom stereocenters. The molecular weight excluding hydrogens is 262 g/mol. The number of hydrazone groups is 1. The van der Waals surface area contributed by atoms with Crippen molar-refractivity contribution in [2.24, 2.45) is 5.10 Å². The number of hydrogen-bond donors (Lipinski definition) is 1. The highest BCUT2D eigenvalue weighted by Crippen LogP contribution is 2.17. The number of pyridine rings is 1. The van der Waals surface area contributed by atoms with Crippen LogP contribution in [0.5, 0.6) is 0 Å². The Kier molecular flexibility index (Phi) is 4.48. The summed E-state index contributed by atoms with van der Waals surface area (Å²) in [7, 11) is 0. The van der Waals surface area contributed by atoms with Crippen LogP contribution in [0.2, 0.25) is 0 Å². The fourth-order valence-electron chi connectivity index (χ4n) is 2.51. The van der Waals surface area contributed by atoms with E-state index in [0.717, 1.165) is 22.4 Å². The first-order valence-corrected chi connectivity index (χ1v) is 6.82. The third-order valence-electron chi connectivity index (χ3n) is 3.31. The molecule has 2 rings (SSSR count). The SMILES string of the molecule is C/C(=N/NC(=O)c1ccncc1)c1c(C)cc(C)cc1C. The normalized spacial score (nSPS) is 11.3. The van der Waals surface area contributed by atoms with Crippen LogP contribution >= 0.6 is 0 Å². The van der Waals surface area contributed by atoms with E-state index in [-0.39, 0.29) is 5.91 Å². The Morgan fingerprint density at radius 2 is 1.67 bits per heavy atom. The molecule has 0 aliphatic rings. The van der Waals surface area contributed by atoms with Crippen LogP contribution in [0.15, 0.2) is 41.8 Å². The summed E-state index contributed by atoms with van der Waals surface area (Å²) < 4.78 is 0. The van der Waals surface area contributed by atoms with E-state index in [2.05, 4.69) is 48.4 Å². The summed E-state index contributed by atoms with van der Waals surface area (Å²) in [4.78, 5) is 15.8. The van der Waals surface area contributed by atoms with Gasteiger partial charge in [0, 0.05) is 23.5 Å². The van der Waals surface area contributed by atoms with Crippen molar-refractivity contribution in [1.82, 2.24) is 10.4 Å². The topological polar surface area (TPSA) is 54.4 Å². The minimum absolute atomic E-state index is 0.237. The van der Waals surface area contributed by atoms with Gasteiger partial charge in [0.05, 0.1) is 5.71 Å². The Morgan fingerprint density at radius 1 is 1.10 bits per heavy atom. The molecule has 1 amide bonds. The van der Waals surface area contributed by atoms with Gasteiger partial charge < -0.3 is 0 Å². The van der Waals surface area contributed by atoms with E-state index < -0.39 is 0 Å². The Labute approximate surface area is 124 Å². The van der Waals surface area contributed by atoms with Gasteiger partial charge in [-0.2, -0.15) is 5.10 Å². The average molecular weight is 281 g/mol. The number of amides is 1. The van der Waals surface area contributed by atoms with Crippen LogP contribution in [-0.2, 0) is 0 Å². The second-order valence-electron chi connectivity index (χ2n) is 5.15. The standard InChI is InChI=1S/C17H19N3O/c1-11-9-12(2)16(13(3)10-11)14(4)19-20-17(21)15-5-7-18-8-6-15/h5-10H,1-4H3,(H,20,21)/b19-14-. The lowest BCUT2D eigenvalue weighted by Gasteiger charge is -2.11. The fraction of sp³-hybridized carbons (Fsp3) is 0.235. The lowest BCUT2D eigenvalue weighted by Crippen LogP contribution is -2.19. The predicted octanol–water partition coefficient (Wildman–Crippen LogP) is 3.16. The molecule has 0 aliphatic carbocycles. The zero-order chi connectivity index (χ0) is 15.4. The molecule has 1 aromatic heterocycles. The highest BCUT2D eigenvalue weighted by Gasteiger charge is 2.08. The molecule has 4 heteroatoms. The van der Waals surface area contributed by atoms with Crippen LogP contribution in [0.25, 0.3) is 0 Å². The maximum absolute atomic E-state index is 12.0. The third-order valence-corrected chi connectivity index (χ3v) is 3.31. The van der Waals surface area contributed by atoms with Gasteiger partial charge in [-0.15, -0.1) is 0 Å². The highest BCUT2D eigenvalue weighted by molar-refractivity contribution is 6.02. The summed E-state index contributed by atoms with van der Waals surface area (Å²) in [5, 5.41) is 4.22. The van der Waals surface area contributed by atoms with Gasteiger partial charge in [0.1, 0.15) is 0 Å². The van der Waals surface area contributed by atoms with Crippen molar-refractivity contribution in [3.63, 3.8) is 0 Å². The van der Waals surface area contributed by atoms with Gasteiger partial charge in [-0.1, -0.05) is 17.7 Å². The summed E-state index contributed by atoms with van der Waals surface area (Å²) in [6.45, 7) is 8.08. The summed E-state index contributed by atoms with van der Waals surface area (Å²) in [5.41, 5.74) is 8.55. The lowest BCUT2D eigenvalue weighted by atomic mass is 9.97. The Balaban J connectivity index is 2.21. The van der Waals surface area contributed by atoms with Gasteiger partial charge in [0.2, 0.25) is 0 Å². The number of nitrogens with zero attached hydrogens (tertiary/aromatic N) is 2. The molecule has 1 aromatic carbocycles. The quantitative estimate of drug-likeness (QED) is 0.694. The number of aromatic nitrogens is 1. The second kappa shape index (κ2) is 6.31. The summed E-state index contributed by atoms with van der Waals surface area (Å²) in [6, 6.07) is 7.54. The number of hydrogen-bond acceptors (Lipinski definition) is 3. The Hall–Kier alpha value is -2.49. The van der Waals surface area contributed by atoms with Crippen LogP contribution in [0.3, 0.4) is 0 Å². The van der Waals surface area contributed by atoms with Crippen LogP contribution in [0.1, 0.15) is 39.5 Å². The zero-order valence-corrected chi connectivity index (χ0v) is 12.8. The first-order chi connectivity index (χ1) is 9.99. The molecule has 21 heavy (non-hydrogen) atoms. The largest absolute Gasteiger partial charge is 0.271 e. The molecule has 0 radical (unpaired) electrons. The lowest BCUT2D eigenvalue weighted by molar-refractivity contribution is 0.0954. The number of aryl methyl sites for hydroxylation is 3. The van der Waals surface area contributed by atoms with E-state index in [1.54, 1.807) is 24.5 Å². The molecule has 0 spiro atoms. The molecule has 1 N–H and O–H groups in total. The highest BCUT2D eigenvalue weighted by atomic mass is 16.2. The first-order valence-electron chi connectivity index (χ1n) is 6.82. The minimum atomic E-state index is -0.237. The number of benzene rings is 1. The van der Waals surface area contributed by atoms with Crippen LogP contribution in [0, 0.1) is 20.8 Å². The monoisotopic (exact) mass is 281 g/mol. The molecule has 2 aromatic rings. The molecule has 108 valence electrons. The van der Waals surface area contributed by atoms with Crippen LogP contribution in [-0.4, -0.2) is 16.6 Å². The van der Waals surface area contributed by atoms with E-state index in [9.17, 15) is 4.79 Å². The van der Waals surface area contributed by atoms with Crippen molar-refractivity contribution in [1.29, 1.82) is 0 Å².